The SMILES string of the molecule is CCCCCc1ccc(SCC)c(SCC)c1. The average Bonchev–Trinajstić information content (AvgIpc) is 2.33. The molecule has 0 aliphatic carbocycles. The van der Waals surface area contributed by atoms with Gasteiger partial charge >= 0.3 is 0 Å². The molecule has 0 saturated heterocycles. The maximum absolute atomic E-state index is 2.40. The van der Waals surface area contributed by atoms with E-state index < -0.39 is 0 Å². The first-order chi connectivity index (χ1) is 8.31. The molecule has 96 valence electrons. The van der Waals surface area contributed by atoms with Crippen molar-refractivity contribution in [2.75, 3.05) is 11.5 Å². The summed E-state index contributed by atoms with van der Waals surface area (Å²) in [5.41, 5.74) is 1.51. The van der Waals surface area contributed by atoms with Gasteiger partial charge in [0, 0.05) is 9.79 Å². The fourth-order valence-electron chi connectivity index (χ4n) is 1.83. The van der Waals surface area contributed by atoms with Gasteiger partial charge in [-0.1, -0.05) is 39.7 Å². The summed E-state index contributed by atoms with van der Waals surface area (Å²) in [5, 5.41) is 0. The van der Waals surface area contributed by atoms with Crippen LogP contribution in [0.3, 0.4) is 0 Å². The molecule has 0 saturated carbocycles. The molecule has 0 heterocycles. The number of thioether (sulfide) groups is 2. The molecule has 0 radical (unpaired) electrons. The first kappa shape index (κ1) is 15.0. The monoisotopic (exact) mass is 268 g/mol. The van der Waals surface area contributed by atoms with Gasteiger partial charge in [0.1, 0.15) is 0 Å². The Labute approximate surface area is 115 Å². The number of unbranched alkanes of at least 4 members (excludes halogenated alkanes) is 2. The van der Waals surface area contributed by atoms with Crippen molar-refractivity contribution in [3.63, 3.8) is 0 Å². The fourth-order valence-corrected chi connectivity index (χ4v) is 3.62. The van der Waals surface area contributed by atoms with Crippen LogP contribution >= 0.6 is 23.5 Å². The van der Waals surface area contributed by atoms with Crippen LogP contribution in [0, 0.1) is 0 Å². The van der Waals surface area contributed by atoms with E-state index >= 15 is 0 Å². The van der Waals surface area contributed by atoms with Crippen LogP contribution in [-0.4, -0.2) is 11.5 Å². The Kier molecular flexibility index (Phi) is 7.87. The molecule has 1 aromatic rings. The van der Waals surface area contributed by atoms with Gasteiger partial charge in [-0.05, 0) is 42.0 Å². The van der Waals surface area contributed by atoms with E-state index in [9.17, 15) is 0 Å². The Morgan fingerprint density at radius 1 is 0.882 bits per heavy atom. The van der Waals surface area contributed by atoms with Crippen molar-refractivity contribution in [1.82, 2.24) is 0 Å². The van der Waals surface area contributed by atoms with Crippen molar-refractivity contribution in [3.05, 3.63) is 23.8 Å². The molecule has 0 atom stereocenters. The number of aryl methyl sites for hydroxylation is 1. The van der Waals surface area contributed by atoms with E-state index in [-0.39, 0.29) is 0 Å². The van der Waals surface area contributed by atoms with Crippen LogP contribution in [0.1, 0.15) is 45.6 Å². The molecular weight excluding hydrogens is 244 g/mol. The van der Waals surface area contributed by atoms with Gasteiger partial charge in [-0.2, -0.15) is 0 Å². The molecule has 0 spiro atoms. The third-order valence-corrected chi connectivity index (χ3v) is 4.70. The lowest BCUT2D eigenvalue weighted by Crippen LogP contribution is -1.89. The standard InChI is InChI=1S/C15H24S2/c1-4-7-8-9-13-10-11-14(16-5-2)15(12-13)17-6-3/h10-12H,4-9H2,1-3H3. The summed E-state index contributed by atoms with van der Waals surface area (Å²) >= 11 is 3.93. The maximum Gasteiger partial charge on any atom is 0.0211 e. The summed E-state index contributed by atoms with van der Waals surface area (Å²) < 4.78 is 0. The molecule has 0 fully saturated rings. The van der Waals surface area contributed by atoms with Crippen molar-refractivity contribution in [1.29, 1.82) is 0 Å². The number of rotatable bonds is 8. The topological polar surface area (TPSA) is 0 Å². The highest BCUT2D eigenvalue weighted by Crippen LogP contribution is 2.32. The van der Waals surface area contributed by atoms with Gasteiger partial charge in [0.15, 0.2) is 0 Å². The van der Waals surface area contributed by atoms with Crippen LogP contribution in [-0.2, 0) is 6.42 Å². The molecule has 0 aromatic heterocycles. The third-order valence-electron chi connectivity index (χ3n) is 2.68. The van der Waals surface area contributed by atoms with Gasteiger partial charge in [-0.25, -0.2) is 0 Å². The quantitative estimate of drug-likeness (QED) is 0.442. The van der Waals surface area contributed by atoms with Crippen LogP contribution < -0.4 is 0 Å². The van der Waals surface area contributed by atoms with Crippen LogP contribution in [0.25, 0.3) is 0 Å². The molecule has 0 aliphatic rings. The van der Waals surface area contributed by atoms with Gasteiger partial charge in [0.25, 0.3) is 0 Å². The van der Waals surface area contributed by atoms with E-state index in [1.807, 2.05) is 23.5 Å². The predicted molar refractivity (Wildman–Crippen MR) is 82.5 cm³/mol. The lowest BCUT2D eigenvalue weighted by atomic mass is 10.1. The predicted octanol–water partition coefficient (Wildman–Crippen LogP) is 5.64. The first-order valence-corrected chi connectivity index (χ1v) is 8.67. The largest absolute Gasteiger partial charge is 0.125 e. The van der Waals surface area contributed by atoms with Gasteiger partial charge in [0.05, 0.1) is 0 Å². The Hall–Kier alpha value is -0.0800. The van der Waals surface area contributed by atoms with Gasteiger partial charge in [-0.3, -0.25) is 0 Å². The molecule has 0 bridgehead atoms. The van der Waals surface area contributed by atoms with Crippen molar-refractivity contribution in [3.8, 4) is 0 Å². The molecule has 1 aromatic carbocycles. The zero-order valence-corrected chi connectivity index (χ0v) is 12.9. The van der Waals surface area contributed by atoms with Crippen molar-refractivity contribution in [2.24, 2.45) is 0 Å². The number of benzene rings is 1. The second kappa shape index (κ2) is 8.93. The maximum atomic E-state index is 2.40. The Morgan fingerprint density at radius 2 is 1.59 bits per heavy atom. The van der Waals surface area contributed by atoms with E-state index in [1.165, 1.54) is 41.0 Å². The normalized spacial score (nSPS) is 10.8. The molecule has 2 heteroatoms. The minimum Gasteiger partial charge on any atom is -0.125 e. The van der Waals surface area contributed by atoms with Crippen LogP contribution in [0.15, 0.2) is 28.0 Å². The van der Waals surface area contributed by atoms with Crippen molar-refractivity contribution < 1.29 is 0 Å². The molecule has 0 nitrogen and oxygen atoms in total. The van der Waals surface area contributed by atoms with E-state index in [2.05, 4.69) is 39.0 Å². The summed E-state index contributed by atoms with van der Waals surface area (Å²) in [6.07, 6.45) is 5.22. The van der Waals surface area contributed by atoms with E-state index in [0.717, 1.165) is 11.5 Å². The summed E-state index contributed by atoms with van der Waals surface area (Å²) in [7, 11) is 0. The Bertz CT molecular complexity index is 321. The summed E-state index contributed by atoms with van der Waals surface area (Å²) in [6.45, 7) is 6.72. The fraction of sp³-hybridized carbons (Fsp3) is 0.600. The highest BCUT2D eigenvalue weighted by atomic mass is 32.2. The molecule has 1 rings (SSSR count). The first-order valence-electron chi connectivity index (χ1n) is 6.70. The second-order valence-electron chi connectivity index (χ2n) is 4.10. The van der Waals surface area contributed by atoms with E-state index in [0.29, 0.717) is 0 Å². The van der Waals surface area contributed by atoms with Gasteiger partial charge < -0.3 is 0 Å². The molecular formula is C15H24S2. The Balaban J connectivity index is 2.70. The minimum atomic E-state index is 1.16. The molecule has 0 N–H and O–H groups in total. The van der Waals surface area contributed by atoms with E-state index in [4.69, 9.17) is 0 Å². The second-order valence-corrected chi connectivity index (χ2v) is 6.72. The lowest BCUT2D eigenvalue weighted by molar-refractivity contribution is 0.716. The van der Waals surface area contributed by atoms with Gasteiger partial charge in [-0.15, -0.1) is 23.5 Å². The molecule has 0 unspecified atom stereocenters. The number of hydrogen-bond donors (Lipinski definition) is 0. The lowest BCUT2D eigenvalue weighted by Gasteiger charge is -2.09. The highest BCUT2D eigenvalue weighted by molar-refractivity contribution is 8.02. The molecule has 17 heavy (non-hydrogen) atoms. The van der Waals surface area contributed by atoms with Gasteiger partial charge in [0.2, 0.25) is 0 Å². The summed E-state index contributed by atoms with van der Waals surface area (Å²) in [5.74, 6) is 2.32. The minimum absolute atomic E-state index is 1.16. The highest BCUT2D eigenvalue weighted by Gasteiger charge is 2.04. The smallest absolute Gasteiger partial charge is 0.0211 e. The van der Waals surface area contributed by atoms with Crippen LogP contribution in [0.2, 0.25) is 0 Å². The zero-order chi connectivity index (χ0) is 12.5. The van der Waals surface area contributed by atoms with Crippen molar-refractivity contribution >= 4 is 23.5 Å². The third kappa shape index (κ3) is 5.39. The molecule has 0 amide bonds. The number of hydrogen-bond acceptors (Lipinski definition) is 2. The van der Waals surface area contributed by atoms with Crippen molar-refractivity contribution in [2.45, 2.75) is 56.2 Å². The summed E-state index contributed by atoms with van der Waals surface area (Å²) in [4.78, 5) is 2.94. The zero-order valence-electron chi connectivity index (χ0n) is 11.3. The van der Waals surface area contributed by atoms with E-state index in [1.54, 1.807) is 0 Å². The Morgan fingerprint density at radius 3 is 2.24 bits per heavy atom. The van der Waals surface area contributed by atoms with Crippen LogP contribution in [0.4, 0.5) is 0 Å². The van der Waals surface area contributed by atoms with Crippen LogP contribution in [0.5, 0.6) is 0 Å². The molecule has 0 aliphatic heterocycles. The average molecular weight is 268 g/mol. The summed E-state index contributed by atoms with van der Waals surface area (Å²) in [6, 6.07) is 7.03.